The van der Waals surface area contributed by atoms with Crippen molar-refractivity contribution in [1.29, 1.82) is 0 Å². The molecule has 0 aliphatic heterocycles. The molecule has 0 aliphatic carbocycles. The predicted molar refractivity (Wildman–Crippen MR) is 108 cm³/mol. The molecule has 10 heteroatoms. The van der Waals surface area contributed by atoms with Crippen LogP contribution in [0.5, 0.6) is 5.75 Å². The van der Waals surface area contributed by atoms with Gasteiger partial charge in [0.25, 0.3) is 5.91 Å². The number of rotatable bonds is 6. The number of carbonyl (C=O) groups is 2. The highest BCUT2D eigenvalue weighted by Crippen LogP contribution is 2.38. The molecule has 1 aromatic heterocycles. The fourth-order valence-electron chi connectivity index (χ4n) is 3.14. The van der Waals surface area contributed by atoms with E-state index in [1.165, 1.54) is 19.1 Å². The van der Waals surface area contributed by atoms with Crippen LogP contribution in [0.15, 0.2) is 48.5 Å². The van der Waals surface area contributed by atoms with Gasteiger partial charge in [0.2, 0.25) is 0 Å². The van der Waals surface area contributed by atoms with Crippen LogP contribution in [-0.2, 0) is 17.4 Å². The molecule has 0 radical (unpaired) electrons. The number of hydrogen-bond acceptors (Lipinski definition) is 5. The quantitative estimate of drug-likeness (QED) is 0.535. The number of carboxylic acid groups (broad SMARTS) is 1. The first-order valence-electron chi connectivity index (χ1n) is 9.38. The number of aromatic hydroxyl groups is 1. The van der Waals surface area contributed by atoms with Crippen molar-refractivity contribution in [1.82, 2.24) is 15.3 Å². The first-order valence-corrected chi connectivity index (χ1v) is 9.38. The van der Waals surface area contributed by atoms with Gasteiger partial charge in [0, 0.05) is 6.42 Å². The normalized spacial score (nSPS) is 11.2. The number of hydrogen-bond donors (Lipinski definition) is 3. The Morgan fingerprint density at radius 3 is 2.38 bits per heavy atom. The minimum absolute atomic E-state index is 0.0127. The van der Waals surface area contributed by atoms with Crippen molar-refractivity contribution >= 4 is 11.9 Å². The number of benzene rings is 2. The van der Waals surface area contributed by atoms with Gasteiger partial charge >= 0.3 is 12.1 Å². The van der Waals surface area contributed by atoms with Gasteiger partial charge in [-0.15, -0.1) is 0 Å². The Labute approximate surface area is 180 Å². The molecule has 3 aromatic rings. The van der Waals surface area contributed by atoms with Gasteiger partial charge in [-0.1, -0.05) is 42.5 Å². The number of carbonyl (C=O) groups excluding carboxylic acids is 1. The standard InChI is InChI=1S/C22H18F3N3O4/c1-12-27-17(20(31)19(28-12)21(32)26-11-18(29)30)10-13-7-8-15(14-5-3-2-4-6-14)16(9-13)22(23,24)25/h2-9,31H,10-11H2,1H3,(H,26,32)(H,29,30). The SMILES string of the molecule is Cc1nc(Cc2ccc(-c3ccccc3)c(C(F)(F)F)c2)c(O)c(C(=O)NCC(=O)O)n1. The zero-order valence-corrected chi connectivity index (χ0v) is 16.8. The molecular weight excluding hydrogens is 427 g/mol. The van der Waals surface area contributed by atoms with Crippen molar-refractivity contribution in [3.63, 3.8) is 0 Å². The Morgan fingerprint density at radius 1 is 1.06 bits per heavy atom. The van der Waals surface area contributed by atoms with E-state index in [1.807, 2.05) is 0 Å². The van der Waals surface area contributed by atoms with Gasteiger partial charge in [-0.2, -0.15) is 13.2 Å². The van der Waals surface area contributed by atoms with Crippen molar-refractivity contribution in [3.05, 3.63) is 76.9 Å². The lowest BCUT2D eigenvalue weighted by atomic mass is 9.95. The van der Waals surface area contributed by atoms with E-state index in [0.717, 1.165) is 6.07 Å². The Hall–Kier alpha value is -3.95. The molecule has 0 saturated carbocycles. The number of aliphatic carboxylic acids is 1. The molecule has 32 heavy (non-hydrogen) atoms. The number of nitrogens with zero attached hydrogens (tertiary/aromatic N) is 2. The van der Waals surface area contributed by atoms with Crippen LogP contribution in [0.3, 0.4) is 0 Å². The molecule has 7 nitrogen and oxygen atoms in total. The lowest BCUT2D eigenvalue weighted by Gasteiger charge is -2.15. The number of aromatic nitrogens is 2. The van der Waals surface area contributed by atoms with Crippen molar-refractivity contribution in [2.75, 3.05) is 6.54 Å². The van der Waals surface area contributed by atoms with Crippen LogP contribution < -0.4 is 5.32 Å². The van der Waals surface area contributed by atoms with Crippen LogP contribution in [0.4, 0.5) is 13.2 Å². The summed E-state index contributed by atoms with van der Waals surface area (Å²) >= 11 is 0. The summed E-state index contributed by atoms with van der Waals surface area (Å²) in [6.07, 6.45) is -4.82. The average Bonchev–Trinajstić information content (AvgIpc) is 2.74. The number of halogens is 3. The minimum Gasteiger partial charge on any atom is -0.504 e. The van der Waals surface area contributed by atoms with Crippen molar-refractivity contribution in [2.24, 2.45) is 0 Å². The van der Waals surface area contributed by atoms with E-state index in [9.17, 15) is 27.9 Å². The second kappa shape index (κ2) is 9.04. The summed E-state index contributed by atoms with van der Waals surface area (Å²) < 4.78 is 41.2. The third kappa shape index (κ3) is 5.20. The molecule has 1 heterocycles. The lowest BCUT2D eigenvalue weighted by molar-refractivity contribution is -0.137. The largest absolute Gasteiger partial charge is 0.504 e. The first-order chi connectivity index (χ1) is 15.1. The number of amides is 1. The van der Waals surface area contributed by atoms with Crippen LogP contribution >= 0.6 is 0 Å². The van der Waals surface area contributed by atoms with Crippen molar-refractivity contribution in [3.8, 4) is 16.9 Å². The van der Waals surface area contributed by atoms with E-state index in [0.29, 0.717) is 5.56 Å². The molecule has 0 unspecified atom stereocenters. The van der Waals surface area contributed by atoms with E-state index in [-0.39, 0.29) is 29.1 Å². The van der Waals surface area contributed by atoms with Gasteiger partial charge in [0.1, 0.15) is 12.4 Å². The zero-order valence-electron chi connectivity index (χ0n) is 16.8. The summed E-state index contributed by atoms with van der Waals surface area (Å²) in [5.41, 5.74) is -0.722. The number of nitrogens with one attached hydrogen (secondary N) is 1. The Morgan fingerprint density at radius 2 is 1.75 bits per heavy atom. The van der Waals surface area contributed by atoms with Gasteiger partial charge < -0.3 is 15.5 Å². The third-order valence-corrected chi connectivity index (χ3v) is 4.53. The fraction of sp³-hybridized carbons (Fsp3) is 0.182. The Balaban J connectivity index is 1.98. The lowest BCUT2D eigenvalue weighted by Crippen LogP contribution is -2.30. The van der Waals surface area contributed by atoms with E-state index >= 15 is 0 Å². The third-order valence-electron chi connectivity index (χ3n) is 4.53. The van der Waals surface area contributed by atoms with Gasteiger partial charge in [-0.3, -0.25) is 9.59 Å². The van der Waals surface area contributed by atoms with Crippen LogP contribution in [0, 0.1) is 6.92 Å². The van der Waals surface area contributed by atoms with E-state index in [4.69, 9.17) is 5.11 Å². The number of aryl methyl sites for hydroxylation is 1. The molecule has 1 amide bonds. The second-order valence-electron chi connectivity index (χ2n) is 6.91. The molecule has 3 N–H and O–H groups in total. The van der Waals surface area contributed by atoms with Crippen molar-refractivity contribution in [2.45, 2.75) is 19.5 Å². The summed E-state index contributed by atoms with van der Waals surface area (Å²) in [5, 5.41) is 21.2. The molecule has 0 bridgehead atoms. The number of carboxylic acids is 1. The molecule has 0 aliphatic rings. The van der Waals surface area contributed by atoms with Crippen LogP contribution in [-0.4, -0.2) is 38.6 Å². The number of alkyl halides is 3. The van der Waals surface area contributed by atoms with Gasteiger partial charge in [0.05, 0.1) is 11.3 Å². The smallest absolute Gasteiger partial charge is 0.417 e. The second-order valence-corrected chi connectivity index (χ2v) is 6.91. The van der Waals surface area contributed by atoms with Crippen LogP contribution in [0.1, 0.15) is 33.1 Å². The predicted octanol–water partition coefficient (Wildman–Crippen LogP) is 3.58. The highest BCUT2D eigenvalue weighted by atomic mass is 19.4. The summed E-state index contributed by atoms with van der Waals surface area (Å²) in [4.78, 5) is 30.6. The summed E-state index contributed by atoms with van der Waals surface area (Å²) in [7, 11) is 0. The van der Waals surface area contributed by atoms with E-state index < -0.39 is 41.6 Å². The average molecular weight is 445 g/mol. The highest BCUT2D eigenvalue weighted by Gasteiger charge is 2.34. The molecule has 0 saturated heterocycles. The monoisotopic (exact) mass is 445 g/mol. The molecule has 0 atom stereocenters. The highest BCUT2D eigenvalue weighted by molar-refractivity contribution is 5.96. The topological polar surface area (TPSA) is 112 Å². The van der Waals surface area contributed by atoms with Crippen molar-refractivity contribution < 1.29 is 33.0 Å². The van der Waals surface area contributed by atoms with E-state index in [2.05, 4.69) is 15.3 Å². The maximum Gasteiger partial charge on any atom is 0.417 e. The van der Waals surface area contributed by atoms with Gasteiger partial charge in [-0.25, -0.2) is 9.97 Å². The first kappa shape index (κ1) is 22.7. The molecular formula is C22H18F3N3O4. The molecule has 0 spiro atoms. The summed E-state index contributed by atoms with van der Waals surface area (Å²) in [5.74, 6) is -2.76. The Kier molecular flexibility index (Phi) is 6.42. The molecule has 0 fully saturated rings. The maximum atomic E-state index is 13.7. The minimum atomic E-state index is -4.62. The molecule has 166 valence electrons. The zero-order chi connectivity index (χ0) is 23.5. The van der Waals surface area contributed by atoms with Crippen LogP contribution in [0.2, 0.25) is 0 Å². The fourth-order valence-corrected chi connectivity index (χ4v) is 3.14. The van der Waals surface area contributed by atoms with Gasteiger partial charge in [0.15, 0.2) is 11.4 Å². The Bertz CT molecular complexity index is 1170. The summed E-state index contributed by atoms with van der Waals surface area (Å²) in [6, 6.07) is 11.9. The van der Waals surface area contributed by atoms with E-state index in [1.54, 1.807) is 30.3 Å². The van der Waals surface area contributed by atoms with Gasteiger partial charge in [-0.05, 0) is 29.7 Å². The van der Waals surface area contributed by atoms with Crippen LogP contribution in [0.25, 0.3) is 11.1 Å². The summed E-state index contributed by atoms with van der Waals surface area (Å²) in [6.45, 7) is 0.753. The molecule has 3 rings (SSSR count). The maximum absolute atomic E-state index is 13.7. The molecule has 2 aromatic carbocycles.